The number of fused-ring (bicyclic) bond motifs is 1. The van der Waals surface area contributed by atoms with Crippen LogP contribution in [0.2, 0.25) is 0 Å². The van der Waals surface area contributed by atoms with Crippen LogP contribution in [0.15, 0.2) is 60.9 Å². The number of ether oxygens (including phenoxy) is 2. The van der Waals surface area contributed by atoms with Crippen LogP contribution < -0.4 is 14.8 Å². The maximum absolute atomic E-state index is 12.4. The van der Waals surface area contributed by atoms with Crippen LogP contribution in [0.1, 0.15) is 16.2 Å². The van der Waals surface area contributed by atoms with Crippen LogP contribution >= 0.6 is 0 Å². The second kappa shape index (κ2) is 6.95. The predicted molar refractivity (Wildman–Crippen MR) is 98.1 cm³/mol. The number of para-hydroxylation sites is 2. The van der Waals surface area contributed by atoms with Gasteiger partial charge in [-0.05, 0) is 36.4 Å². The zero-order chi connectivity index (χ0) is 18.8. The van der Waals surface area contributed by atoms with E-state index in [2.05, 4.69) is 10.3 Å². The van der Waals surface area contributed by atoms with Crippen molar-refractivity contribution in [1.82, 2.24) is 9.55 Å². The Kier molecular flexibility index (Phi) is 4.33. The first-order chi connectivity index (χ1) is 13.1. The lowest BCUT2D eigenvalue weighted by molar-refractivity contribution is -0.125. The average Bonchev–Trinajstić information content (AvgIpc) is 3.13. The smallest absolute Gasteiger partial charge is 0.269 e. The third-order valence-corrected chi connectivity index (χ3v) is 4.24. The number of imidazole rings is 1. The molecular formula is C20H17N3O4. The Morgan fingerprint density at radius 1 is 1.11 bits per heavy atom. The minimum atomic E-state index is -0.742. The molecule has 0 saturated heterocycles. The summed E-state index contributed by atoms with van der Waals surface area (Å²) in [7, 11) is 1.76. The molecule has 0 radical (unpaired) electrons. The molecule has 7 nitrogen and oxygen atoms in total. The average molecular weight is 363 g/mol. The van der Waals surface area contributed by atoms with Gasteiger partial charge in [-0.1, -0.05) is 12.1 Å². The lowest BCUT2D eigenvalue weighted by Crippen LogP contribution is -2.40. The second-order valence-corrected chi connectivity index (χ2v) is 6.12. The van der Waals surface area contributed by atoms with Gasteiger partial charge in [0.1, 0.15) is 6.61 Å². The number of nitrogens with zero attached hydrogens (tertiary/aromatic N) is 2. The van der Waals surface area contributed by atoms with E-state index >= 15 is 0 Å². The Morgan fingerprint density at radius 3 is 2.56 bits per heavy atom. The van der Waals surface area contributed by atoms with Crippen LogP contribution in [-0.2, 0) is 11.8 Å². The molecule has 136 valence electrons. The standard InChI is InChI=1S/C20H17N3O4/c1-23-11-10-21-19(23)18(24)13-6-8-14(9-7-13)22-20(25)17-12-26-15-4-2-3-5-16(15)27-17/h2-11,17H,12H2,1H3,(H,22,25). The number of benzene rings is 2. The van der Waals surface area contributed by atoms with Crippen molar-refractivity contribution in [2.45, 2.75) is 6.10 Å². The Bertz CT molecular complexity index is 994. The van der Waals surface area contributed by atoms with Gasteiger partial charge in [0.15, 0.2) is 17.3 Å². The molecule has 4 rings (SSSR count). The van der Waals surface area contributed by atoms with E-state index in [1.54, 1.807) is 60.4 Å². The summed E-state index contributed by atoms with van der Waals surface area (Å²) in [5.41, 5.74) is 1.06. The molecule has 1 aliphatic heterocycles. The molecule has 0 saturated carbocycles. The lowest BCUT2D eigenvalue weighted by Gasteiger charge is -2.25. The van der Waals surface area contributed by atoms with Gasteiger partial charge in [0.05, 0.1) is 0 Å². The Labute approximate surface area is 155 Å². The number of hydrogen-bond acceptors (Lipinski definition) is 5. The van der Waals surface area contributed by atoms with Crippen LogP contribution in [0, 0.1) is 0 Å². The van der Waals surface area contributed by atoms with Crippen LogP contribution in [0.4, 0.5) is 5.69 Å². The molecule has 1 amide bonds. The highest BCUT2D eigenvalue weighted by atomic mass is 16.6. The van der Waals surface area contributed by atoms with E-state index in [1.165, 1.54) is 0 Å². The quantitative estimate of drug-likeness (QED) is 0.720. The van der Waals surface area contributed by atoms with E-state index < -0.39 is 6.10 Å². The summed E-state index contributed by atoms with van der Waals surface area (Å²) in [6, 6.07) is 13.9. The molecule has 1 aliphatic rings. The van der Waals surface area contributed by atoms with Gasteiger partial charge in [-0.15, -0.1) is 0 Å². The maximum atomic E-state index is 12.4. The molecule has 1 unspecified atom stereocenters. The summed E-state index contributed by atoms with van der Waals surface area (Å²) < 4.78 is 12.9. The van der Waals surface area contributed by atoms with Gasteiger partial charge in [0.2, 0.25) is 11.9 Å². The number of amides is 1. The van der Waals surface area contributed by atoms with Crippen molar-refractivity contribution < 1.29 is 19.1 Å². The monoisotopic (exact) mass is 363 g/mol. The molecule has 27 heavy (non-hydrogen) atoms. The maximum Gasteiger partial charge on any atom is 0.269 e. The zero-order valence-corrected chi connectivity index (χ0v) is 14.6. The van der Waals surface area contributed by atoms with Crippen molar-refractivity contribution in [3.8, 4) is 11.5 Å². The van der Waals surface area contributed by atoms with E-state index in [9.17, 15) is 9.59 Å². The van der Waals surface area contributed by atoms with E-state index in [-0.39, 0.29) is 18.3 Å². The van der Waals surface area contributed by atoms with Crippen molar-refractivity contribution in [3.05, 3.63) is 72.3 Å². The molecule has 0 fully saturated rings. The van der Waals surface area contributed by atoms with Crippen molar-refractivity contribution >= 4 is 17.4 Å². The minimum absolute atomic E-state index is 0.137. The van der Waals surface area contributed by atoms with E-state index in [1.807, 2.05) is 12.1 Å². The molecule has 1 N–H and O–H groups in total. The molecule has 2 aromatic carbocycles. The van der Waals surface area contributed by atoms with Crippen molar-refractivity contribution in [2.24, 2.45) is 7.05 Å². The van der Waals surface area contributed by atoms with Gasteiger partial charge in [0.25, 0.3) is 5.91 Å². The third kappa shape index (κ3) is 3.39. The fraction of sp³-hybridized carbons (Fsp3) is 0.150. The van der Waals surface area contributed by atoms with E-state index in [0.29, 0.717) is 28.6 Å². The fourth-order valence-corrected chi connectivity index (χ4v) is 2.79. The summed E-state index contributed by atoms with van der Waals surface area (Å²) >= 11 is 0. The number of aromatic nitrogens is 2. The molecule has 3 aromatic rings. The van der Waals surface area contributed by atoms with Gasteiger partial charge < -0.3 is 19.4 Å². The number of aryl methyl sites for hydroxylation is 1. The molecule has 0 aliphatic carbocycles. The van der Waals surface area contributed by atoms with Gasteiger partial charge in [-0.2, -0.15) is 0 Å². The molecule has 0 bridgehead atoms. The van der Waals surface area contributed by atoms with Crippen molar-refractivity contribution in [3.63, 3.8) is 0 Å². The highest BCUT2D eigenvalue weighted by molar-refractivity contribution is 6.07. The van der Waals surface area contributed by atoms with Crippen molar-refractivity contribution in [1.29, 1.82) is 0 Å². The first kappa shape index (κ1) is 16.8. The van der Waals surface area contributed by atoms with E-state index in [0.717, 1.165) is 0 Å². The van der Waals surface area contributed by atoms with Gasteiger partial charge in [-0.3, -0.25) is 9.59 Å². The topological polar surface area (TPSA) is 82.5 Å². The highest BCUT2D eigenvalue weighted by Gasteiger charge is 2.27. The first-order valence-corrected chi connectivity index (χ1v) is 8.43. The minimum Gasteiger partial charge on any atom is -0.485 e. The molecule has 1 atom stereocenters. The van der Waals surface area contributed by atoms with Gasteiger partial charge in [0, 0.05) is 30.7 Å². The normalized spacial score (nSPS) is 15.2. The summed E-state index contributed by atoms with van der Waals surface area (Å²) in [6.45, 7) is 0.137. The first-order valence-electron chi connectivity index (χ1n) is 8.43. The van der Waals surface area contributed by atoms with Crippen LogP contribution in [0.5, 0.6) is 11.5 Å². The number of carbonyl (C=O) groups is 2. The molecule has 1 aromatic heterocycles. The third-order valence-electron chi connectivity index (χ3n) is 4.24. The Hall–Kier alpha value is -3.61. The van der Waals surface area contributed by atoms with Crippen LogP contribution in [0.3, 0.4) is 0 Å². The van der Waals surface area contributed by atoms with Crippen molar-refractivity contribution in [2.75, 3.05) is 11.9 Å². The summed E-state index contributed by atoms with van der Waals surface area (Å²) in [5, 5.41) is 2.78. The SMILES string of the molecule is Cn1ccnc1C(=O)c1ccc(NC(=O)C2COc3ccccc3O2)cc1. The Balaban J connectivity index is 1.42. The Morgan fingerprint density at radius 2 is 1.85 bits per heavy atom. The van der Waals surface area contributed by atoms with Gasteiger partial charge in [-0.25, -0.2) is 4.98 Å². The number of hydrogen-bond donors (Lipinski definition) is 1. The summed E-state index contributed by atoms with van der Waals surface area (Å²) in [6.07, 6.45) is 2.55. The summed E-state index contributed by atoms with van der Waals surface area (Å²) in [5.74, 6) is 1.03. The second-order valence-electron chi connectivity index (χ2n) is 6.12. The van der Waals surface area contributed by atoms with Crippen LogP contribution in [0.25, 0.3) is 0 Å². The van der Waals surface area contributed by atoms with Crippen LogP contribution in [-0.4, -0.2) is 34.0 Å². The highest BCUT2D eigenvalue weighted by Crippen LogP contribution is 2.31. The number of rotatable bonds is 4. The largest absolute Gasteiger partial charge is 0.485 e. The number of carbonyl (C=O) groups excluding carboxylic acids is 2. The van der Waals surface area contributed by atoms with E-state index in [4.69, 9.17) is 9.47 Å². The zero-order valence-electron chi connectivity index (χ0n) is 14.6. The lowest BCUT2D eigenvalue weighted by atomic mass is 10.1. The number of nitrogens with one attached hydrogen (secondary N) is 1. The summed E-state index contributed by atoms with van der Waals surface area (Å²) in [4.78, 5) is 28.9. The molecule has 7 heteroatoms. The molecule has 0 spiro atoms. The molecular weight excluding hydrogens is 346 g/mol. The fourth-order valence-electron chi connectivity index (χ4n) is 2.79. The molecule has 2 heterocycles. The van der Waals surface area contributed by atoms with Gasteiger partial charge >= 0.3 is 0 Å². The predicted octanol–water partition coefficient (Wildman–Crippen LogP) is 2.43. The number of ketones is 1. The number of anilines is 1.